The van der Waals surface area contributed by atoms with Crippen LogP contribution in [0.4, 0.5) is 46.0 Å². The molecule has 20 nitrogen and oxygen atoms in total. The number of fused-ring (bicyclic) bond motifs is 2. The van der Waals surface area contributed by atoms with Crippen LogP contribution in [0.1, 0.15) is 11.1 Å². The molecule has 0 aliphatic rings. The van der Waals surface area contributed by atoms with Gasteiger partial charge in [0.05, 0.1) is 75.4 Å². The predicted octanol–water partition coefficient (Wildman–Crippen LogP) is 14.4. The van der Waals surface area contributed by atoms with Crippen LogP contribution in [0, 0.1) is 10.1 Å². The van der Waals surface area contributed by atoms with Gasteiger partial charge in [-0.15, -0.1) is 0 Å². The molecule has 0 aliphatic heterocycles. The zero-order valence-corrected chi connectivity index (χ0v) is 49.9. The number of nitro groups is 1. The molecule has 0 radical (unpaired) electrons. The van der Waals surface area contributed by atoms with E-state index in [9.17, 15) is 10.1 Å². The molecule has 0 amide bonds. The van der Waals surface area contributed by atoms with E-state index >= 15 is 0 Å². The smallest absolute Gasteiger partial charge is 0.335 e. The topological polar surface area (TPSA) is 265 Å². The number of aromatic nitrogens is 6. The summed E-state index contributed by atoms with van der Waals surface area (Å²) < 4.78 is 47.8. The van der Waals surface area contributed by atoms with Crippen molar-refractivity contribution in [2.75, 3.05) is 41.2 Å². The second kappa shape index (κ2) is 29.8. The highest BCUT2D eigenvalue weighted by Gasteiger charge is 2.20. The highest BCUT2D eigenvalue weighted by molar-refractivity contribution is 7.52. The summed E-state index contributed by atoms with van der Waals surface area (Å²) in [4.78, 5) is 29.8. The van der Waals surface area contributed by atoms with E-state index in [1.165, 1.54) is 12.3 Å². The van der Waals surface area contributed by atoms with Crippen molar-refractivity contribution >= 4 is 114 Å². The molecule has 0 aliphatic carbocycles. The first kappa shape index (κ1) is 61.8. The van der Waals surface area contributed by atoms with E-state index in [0.29, 0.717) is 57.5 Å². The Hall–Kier alpha value is -10.8. The molecule has 442 valence electrons. The number of hydrogen-bond donors (Lipinski definition) is 5. The van der Waals surface area contributed by atoms with Crippen molar-refractivity contribution < 1.29 is 31.2 Å². The van der Waals surface area contributed by atoms with Crippen LogP contribution in [0.25, 0.3) is 55.7 Å². The molecule has 24 heteroatoms. The minimum atomic E-state index is -0.750. The fourth-order valence-corrected chi connectivity index (χ4v) is 9.81. The number of ether oxygens (including phenoxy) is 2. The lowest BCUT2D eigenvalue weighted by Gasteiger charge is -2.13. The van der Waals surface area contributed by atoms with E-state index in [1.54, 1.807) is 32.5 Å². The van der Waals surface area contributed by atoms with Crippen LogP contribution in [0.5, 0.6) is 11.5 Å². The summed E-state index contributed by atoms with van der Waals surface area (Å²) in [6.45, 7) is 1.05. The standard InChI is InChI=1S/C32H25ClN6O3.C32H27ClN6O.2O2S/c1-42-24-14-11-21(12-15-24)18-34-28-16-13-22(17-30(28)39(40)41)36-32-35-19-27(33)31(37-32)26-20-38(23-7-3-2-4-8-23)29-10-6-5-9-25(26)29;1-40-24-14-11-21(12-15-24)18-35-29-16-13-22(17-28(29)34)37-32-36-19-27(33)31(38-32)26-20-39(23-7-3-2-4-8-23)30-10-6-5-9-25(26)30;2*1-3-2/h2-17,19-20,34H,18H2,1H3,(H,35,36,37);2-17,19-20,35H,18,34H2,1H3,(H,36,37,38);;. The van der Waals surface area contributed by atoms with E-state index in [-0.39, 0.29) is 11.6 Å². The van der Waals surface area contributed by atoms with Gasteiger partial charge in [-0.25, -0.2) is 19.9 Å². The number of nitrogen functional groups attached to an aromatic ring is 1. The van der Waals surface area contributed by atoms with Gasteiger partial charge in [0.15, 0.2) is 0 Å². The number of rotatable bonds is 17. The summed E-state index contributed by atoms with van der Waals surface area (Å²) in [6, 6.07) is 62.5. The van der Waals surface area contributed by atoms with Crippen molar-refractivity contribution in [1.29, 1.82) is 0 Å². The minimum Gasteiger partial charge on any atom is -0.497 e. The Morgan fingerprint density at radius 1 is 0.534 bits per heavy atom. The summed E-state index contributed by atoms with van der Waals surface area (Å²) in [5.74, 6) is 2.26. The molecule has 0 bridgehead atoms. The number of nitro benzene ring substituents is 1. The van der Waals surface area contributed by atoms with Gasteiger partial charge in [0.2, 0.25) is 11.9 Å². The molecule has 4 aromatic heterocycles. The molecule has 88 heavy (non-hydrogen) atoms. The Bertz CT molecular complexity index is 4450. The zero-order valence-electron chi connectivity index (χ0n) is 46.7. The Morgan fingerprint density at radius 2 is 0.932 bits per heavy atom. The number of benzene rings is 8. The van der Waals surface area contributed by atoms with Gasteiger partial charge in [-0.3, -0.25) is 10.1 Å². The highest BCUT2D eigenvalue weighted by atomic mass is 35.5. The fraction of sp³-hybridized carbons (Fsp3) is 0.0625. The molecule has 0 fully saturated rings. The Kier molecular flexibility index (Phi) is 20.9. The van der Waals surface area contributed by atoms with Gasteiger partial charge in [-0.2, -0.15) is 16.8 Å². The van der Waals surface area contributed by atoms with Crippen molar-refractivity contribution in [3.8, 4) is 45.4 Å². The molecule has 0 atom stereocenters. The van der Waals surface area contributed by atoms with Crippen molar-refractivity contribution in [2.45, 2.75) is 13.1 Å². The number of nitrogens with two attached hydrogens (primary N) is 1. The summed E-state index contributed by atoms with van der Waals surface area (Å²) in [5, 5.41) is 27.7. The van der Waals surface area contributed by atoms with E-state index in [0.717, 1.165) is 78.3 Å². The van der Waals surface area contributed by atoms with Crippen molar-refractivity contribution in [2.24, 2.45) is 0 Å². The normalized spacial score (nSPS) is 10.5. The van der Waals surface area contributed by atoms with Crippen LogP contribution in [0.15, 0.2) is 219 Å². The second-order valence-corrected chi connectivity index (χ2v) is 20.0. The molecule has 0 unspecified atom stereocenters. The van der Waals surface area contributed by atoms with Crippen LogP contribution in [0.3, 0.4) is 0 Å². The molecule has 0 saturated heterocycles. The average Bonchev–Trinajstić information content (AvgIpc) is 2.02. The molecular formula is C64H52Cl2N12O8S2. The molecule has 12 aromatic rings. The number of hydrogen-bond acceptors (Lipinski definition) is 17. The van der Waals surface area contributed by atoms with Crippen LogP contribution >= 0.6 is 23.2 Å². The maximum absolute atomic E-state index is 11.9. The predicted molar refractivity (Wildman–Crippen MR) is 348 cm³/mol. The maximum atomic E-state index is 11.9. The Balaban J connectivity index is 0.000000193. The molecule has 0 saturated carbocycles. The molecular weight excluding hydrogens is 1200 g/mol. The third-order valence-corrected chi connectivity index (χ3v) is 14.1. The monoisotopic (exact) mass is 1250 g/mol. The Labute approximate surface area is 521 Å². The van der Waals surface area contributed by atoms with Gasteiger partial charge in [0, 0.05) is 76.2 Å². The van der Waals surface area contributed by atoms with Crippen molar-refractivity contribution in [3.05, 3.63) is 250 Å². The van der Waals surface area contributed by atoms with Crippen molar-refractivity contribution in [3.63, 3.8) is 0 Å². The Morgan fingerprint density at radius 3 is 1.35 bits per heavy atom. The van der Waals surface area contributed by atoms with E-state index in [2.05, 4.69) is 70.8 Å². The lowest BCUT2D eigenvalue weighted by atomic mass is 10.1. The van der Waals surface area contributed by atoms with Gasteiger partial charge in [-0.05, 0) is 102 Å². The van der Waals surface area contributed by atoms with Gasteiger partial charge >= 0.3 is 23.1 Å². The zero-order chi connectivity index (χ0) is 61.9. The van der Waals surface area contributed by atoms with Gasteiger partial charge < -0.3 is 45.6 Å². The number of nitrogens with zero attached hydrogens (tertiary/aromatic N) is 7. The largest absolute Gasteiger partial charge is 0.497 e. The van der Waals surface area contributed by atoms with Crippen molar-refractivity contribution in [1.82, 2.24) is 29.1 Å². The SMILES string of the molecule is COc1ccc(CNc2ccc(Nc3ncc(Cl)c(-c4cn(-c5ccccc5)c5ccccc45)n3)cc2N)cc1.COc1ccc(CNc2ccc(Nc3ncc(Cl)c(-c4cn(-c5ccccc5)c5ccccc45)n3)cc2[N+](=O)[O-])cc1.O=S=O.O=S=O. The molecule has 4 heterocycles. The summed E-state index contributed by atoms with van der Waals surface area (Å²) in [5.41, 5.74) is 18.6. The quantitative estimate of drug-likeness (QED) is 0.0322. The van der Waals surface area contributed by atoms with E-state index in [4.69, 9.17) is 65.2 Å². The molecule has 12 rings (SSSR count). The van der Waals surface area contributed by atoms with Crippen LogP contribution in [-0.2, 0) is 36.2 Å². The number of halogens is 2. The third kappa shape index (κ3) is 15.2. The second-order valence-electron chi connectivity index (χ2n) is 18.9. The number of para-hydroxylation sites is 4. The first-order chi connectivity index (χ1) is 42.9. The number of anilines is 7. The van der Waals surface area contributed by atoms with Crippen LogP contribution in [0.2, 0.25) is 10.0 Å². The molecule has 6 N–H and O–H groups in total. The number of methoxy groups -OCH3 is 2. The first-order valence-electron chi connectivity index (χ1n) is 26.6. The fourth-order valence-electron chi connectivity index (χ4n) is 9.42. The lowest BCUT2D eigenvalue weighted by Crippen LogP contribution is -2.04. The van der Waals surface area contributed by atoms with E-state index in [1.807, 2.05) is 158 Å². The molecule has 8 aromatic carbocycles. The lowest BCUT2D eigenvalue weighted by molar-refractivity contribution is -0.383. The first-order valence-corrected chi connectivity index (χ1v) is 28.7. The van der Waals surface area contributed by atoms with Crippen LogP contribution < -0.4 is 36.5 Å². The summed E-state index contributed by atoms with van der Waals surface area (Å²) >= 11 is 11.8. The molecule has 0 spiro atoms. The number of nitrogens with one attached hydrogen (secondary N) is 4. The average molecular weight is 1250 g/mol. The highest BCUT2D eigenvalue weighted by Crippen LogP contribution is 2.38. The van der Waals surface area contributed by atoms with Crippen LogP contribution in [-0.4, -0.2) is 65.0 Å². The van der Waals surface area contributed by atoms with Gasteiger partial charge in [0.1, 0.15) is 17.2 Å². The third-order valence-electron chi connectivity index (χ3n) is 13.5. The summed E-state index contributed by atoms with van der Waals surface area (Å²) in [6.07, 6.45) is 7.22. The van der Waals surface area contributed by atoms with Gasteiger partial charge in [-0.1, -0.05) is 120 Å². The maximum Gasteiger partial charge on any atom is 0.335 e. The summed E-state index contributed by atoms with van der Waals surface area (Å²) in [7, 11) is 3.26. The van der Waals surface area contributed by atoms with Gasteiger partial charge in [0.25, 0.3) is 5.69 Å². The minimum absolute atomic E-state index is 0.0753. The van der Waals surface area contributed by atoms with E-state index < -0.39 is 28.1 Å².